The summed E-state index contributed by atoms with van der Waals surface area (Å²) < 4.78 is 0. The third-order valence-corrected chi connectivity index (χ3v) is 4.31. The summed E-state index contributed by atoms with van der Waals surface area (Å²) in [6, 6.07) is 8.48. The second kappa shape index (κ2) is 6.51. The highest BCUT2D eigenvalue weighted by Gasteiger charge is 2.28. The van der Waals surface area contributed by atoms with Crippen LogP contribution in [0.2, 0.25) is 0 Å². The molecule has 1 rings (SSSR count). The Hall–Kier alpha value is -0.200. The van der Waals surface area contributed by atoms with E-state index in [1.807, 2.05) is 0 Å². The maximum Gasteiger partial charge on any atom is 0.0294 e. The average molecular weight is 259 g/mol. The quantitative estimate of drug-likeness (QED) is 0.643. The van der Waals surface area contributed by atoms with Crippen LogP contribution in [-0.4, -0.2) is 11.8 Å². The lowest BCUT2D eigenvalue weighted by Gasteiger charge is -2.30. The van der Waals surface area contributed by atoms with Crippen molar-refractivity contribution in [3.63, 3.8) is 0 Å². The van der Waals surface area contributed by atoms with Gasteiger partial charge in [0.15, 0.2) is 0 Å². The monoisotopic (exact) mass is 258 g/mol. The number of alkyl halides is 2. The van der Waals surface area contributed by atoms with Crippen LogP contribution in [0.3, 0.4) is 0 Å². The van der Waals surface area contributed by atoms with Gasteiger partial charge in [-0.05, 0) is 30.9 Å². The molecule has 0 radical (unpaired) electrons. The van der Waals surface area contributed by atoms with Crippen LogP contribution in [-0.2, 0) is 6.42 Å². The molecule has 0 atom stereocenters. The Balaban J connectivity index is 2.87. The first-order valence-electron chi connectivity index (χ1n) is 5.84. The number of hydrogen-bond acceptors (Lipinski definition) is 0. The highest BCUT2D eigenvalue weighted by molar-refractivity contribution is 6.21. The van der Waals surface area contributed by atoms with E-state index in [9.17, 15) is 0 Å². The van der Waals surface area contributed by atoms with Crippen molar-refractivity contribution in [2.45, 2.75) is 33.1 Å². The molecule has 90 valence electrons. The lowest BCUT2D eigenvalue weighted by molar-refractivity contribution is 0.340. The summed E-state index contributed by atoms with van der Waals surface area (Å²) >= 11 is 12.2. The summed E-state index contributed by atoms with van der Waals surface area (Å²) in [7, 11) is 0. The topological polar surface area (TPSA) is 0 Å². The Kier molecular flexibility index (Phi) is 5.64. The molecule has 2 heteroatoms. The first kappa shape index (κ1) is 13.9. The zero-order chi connectivity index (χ0) is 12.0. The van der Waals surface area contributed by atoms with Gasteiger partial charge in [-0.3, -0.25) is 0 Å². The third-order valence-electron chi connectivity index (χ3n) is 3.17. The number of rotatable bonds is 6. The largest absolute Gasteiger partial charge is 0.126 e. The van der Waals surface area contributed by atoms with Gasteiger partial charge in [0.2, 0.25) is 0 Å². The van der Waals surface area contributed by atoms with Gasteiger partial charge in [-0.2, -0.15) is 0 Å². The minimum Gasteiger partial charge on any atom is -0.126 e. The summed E-state index contributed by atoms with van der Waals surface area (Å²) in [6.07, 6.45) is 3.21. The van der Waals surface area contributed by atoms with E-state index in [2.05, 4.69) is 38.1 Å². The Bertz CT molecular complexity index is 316. The summed E-state index contributed by atoms with van der Waals surface area (Å²) in [5, 5.41) is 0. The van der Waals surface area contributed by atoms with Crippen molar-refractivity contribution in [2.75, 3.05) is 11.8 Å². The number of hydrogen-bond donors (Lipinski definition) is 0. The van der Waals surface area contributed by atoms with E-state index < -0.39 is 0 Å². The molecule has 0 saturated heterocycles. The van der Waals surface area contributed by atoms with Gasteiger partial charge in [0.05, 0.1) is 0 Å². The molecule has 0 heterocycles. The van der Waals surface area contributed by atoms with Gasteiger partial charge in [-0.15, -0.1) is 23.2 Å². The summed E-state index contributed by atoms with van der Waals surface area (Å²) in [6.45, 7) is 4.33. The maximum atomic E-state index is 6.12. The third kappa shape index (κ3) is 3.40. The molecular weight excluding hydrogens is 239 g/mol. The minimum absolute atomic E-state index is 0.0595. The molecule has 0 bridgehead atoms. The zero-order valence-corrected chi connectivity index (χ0v) is 11.6. The van der Waals surface area contributed by atoms with Gasteiger partial charge in [-0.1, -0.05) is 37.6 Å². The maximum absolute atomic E-state index is 6.12. The van der Waals surface area contributed by atoms with E-state index in [0.29, 0.717) is 11.8 Å². The molecule has 1 aromatic rings. The summed E-state index contributed by atoms with van der Waals surface area (Å²) in [4.78, 5) is 0. The van der Waals surface area contributed by atoms with Crippen LogP contribution in [0, 0.1) is 12.3 Å². The molecule has 0 aliphatic heterocycles. The van der Waals surface area contributed by atoms with Gasteiger partial charge < -0.3 is 0 Å². The van der Waals surface area contributed by atoms with Crippen molar-refractivity contribution in [1.82, 2.24) is 0 Å². The first-order valence-corrected chi connectivity index (χ1v) is 6.91. The predicted octanol–water partition coefficient (Wildman–Crippen LogP) is 4.80. The fourth-order valence-corrected chi connectivity index (χ4v) is 2.84. The smallest absolute Gasteiger partial charge is 0.0294 e. The van der Waals surface area contributed by atoms with Crippen LogP contribution < -0.4 is 0 Å². The number of benzene rings is 1. The van der Waals surface area contributed by atoms with Crippen molar-refractivity contribution >= 4 is 23.2 Å². The normalized spacial score (nSPS) is 11.8. The minimum atomic E-state index is 0.0595. The standard InChI is InChI=1S/C14H20Cl2/c1-3-8-14(10-15,11-16)9-13-7-5-4-6-12(13)2/h4-7H,3,8-11H2,1-2H3. The van der Waals surface area contributed by atoms with Crippen LogP contribution in [0.1, 0.15) is 30.9 Å². The second-order valence-electron chi connectivity index (χ2n) is 4.62. The van der Waals surface area contributed by atoms with Crippen LogP contribution in [0.15, 0.2) is 24.3 Å². The number of halogens is 2. The lowest BCUT2D eigenvalue weighted by Crippen LogP contribution is -2.28. The molecule has 0 aliphatic carbocycles. The van der Waals surface area contributed by atoms with Crippen molar-refractivity contribution < 1.29 is 0 Å². The molecule has 0 aliphatic rings. The van der Waals surface area contributed by atoms with Crippen LogP contribution in [0.4, 0.5) is 0 Å². The fourth-order valence-electron chi connectivity index (χ4n) is 2.09. The van der Waals surface area contributed by atoms with E-state index in [0.717, 1.165) is 19.3 Å². The molecule has 0 unspecified atom stereocenters. The lowest BCUT2D eigenvalue weighted by atomic mass is 9.80. The van der Waals surface area contributed by atoms with Gasteiger partial charge in [0.1, 0.15) is 0 Å². The molecule has 0 nitrogen and oxygen atoms in total. The summed E-state index contributed by atoms with van der Waals surface area (Å²) in [5.41, 5.74) is 2.76. The predicted molar refractivity (Wildman–Crippen MR) is 73.7 cm³/mol. The van der Waals surface area contributed by atoms with Crippen molar-refractivity contribution in [3.05, 3.63) is 35.4 Å². The van der Waals surface area contributed by atoms with E-state index in [1.165, 1.54) is 11.1 Å². The Morgan fingerprint density at radius 2 is 1.75 bits per heavy atom. The first-order chi connectivity index (χ1) is 7.67. The Morgan fingerprint density at radius 3 is 2.25 bits per heavy atom. The van der Waals surface area contributed by atoms with E-state index in [-0.39, 0.29) is 5.41 Å². The Labute approximate surface area is 109 Å². The van der Waals surface area contributed by atoms with Gasteiger partial charge in [0.25, 0.3) is 0 Å². The molecule has 16 heavy (non-hydrogen) atoms. The van der Waals surface area contributed by atoms with Crippen molar-refractivity contribution in [1.29, 1.82) is 0 Å². The van der Waals surface area contributed by atoms with E-state index >= 15 is 0 Å². The molecule has 0 aromatic heterocycles. The van der Waals surface area contributed by atoms with Gasteiger partial charge in [-0.25, -0.2) is 0 Å². The van der Waals surface area contributed by atoms with Gasteiger partial charge in [0, 0.05) is 17.2 Å². The molecule has 1 aromatic carbocycles. The van der Waals surface area contributed by atoms with Crippen LogP contribution >= 0.6 is 23.2 Å². The fraction of sp³-hybridized carbons (Fsp3) is 0.571. The van der Waals surface area contributed by atoms with Crippen molar-refractivity contribution in [3.8, 4) is 0 Å². The molecule has 0 spiro atoms. The number of aryl methyl sites for hydroxylation is 1. The molecule has 0 amide bonds. The van der Waals surface area contributed by atoms with Crippen LogP contribution in [0.25, 0.3) is 0 Å². The second-order valence-corrected chi connectivity index (χ2v) is 5.16. The SMILES string of the molecule is CCCC(CCl)(CCl)Cc1ccccc1C. The van der Waals surface area contributed by atoms with Gasteiger partial charge >= 0.3 is 0 Å². The summed E-state index contributed by atoms with van der Waals surface area (Å²) in [5.74, 6) is 1.28. The molecular formula is C14H20Cl2. The highest BCUT2D eigenvalue weighted by atomic mass is 35.5. The van der Waals surface area contributed by atoms with Crippen LogP contribution in [0.5, 0.6) is 0 Å². The van der Waals surface area contributed by atoms with E-state index in [4.69, 9.17) is 23.2 Å². The van der Waals surface area contributed by atoms with E-state index in [1.54, 1.807) is 0 Å². The molecule has 0 N–H and O–H groups in total. The molecule has 0 saturated carbocycles. The highest BCUT2D eigenvalue weighted by Crippen LogP contribution is 2.32. The average Bonchev–Trinajstić information content (AvgIpc) is 2.31. The Morgan fingerprint density at radius 1 is 1.12 bits per heavy atom. The van der Waals surface area contributed by atoms with Crippen molar-refractivity contribution in [2.24, 2.45) is 5.41 Å². The molecule has 0 fully saturated rings. The zero-order valence-electron chi connectivity index (χ0n) is 10.1.